The first kappa shape index (κ1) is 19.9. The molecule has 1 aliphatic carbocycles. The van der Waals surface area contributed by atoms with Gasteiger partial charge in [0.25, 0.3) is 0 Å². The Labute approximate surface area is 145 Å². The maximum absolute atomic E-state index is 12.2. The van der Waals surface area contributed by atoms with Crippen LogP contribution >= 0.6 is 12.4 Å². The highest BCUT2D eigenvalue weighted by molar-refractivity contribution is 5.86. The molecule has 1 aliphatic rings. The van der Waals surface area contributed by atoms with E-state index in [9.17, 15) is 4.79 Å². The van der Waals surface area contributed by atoms with Crippen LogP contribution in [0.4, 0.5) is 0 Å². The number of ether oxygens (including phenoxy) is 1. The van der Waals surface area contributed by atoms with Crippen molar-refractivity contribution in [1.82, 2.24) is 5.32 Å². The molecular formula is C18H29ClN2O2. The molecule has 1 amide bonds. The zero-order chi connectivity index (χ0) is 15.8. The van der Waals surface area contributed by atoms with E-state index in [1.165, 1.54) is 12.0 Å². The second-order valence-electron chi connectivity index (χ2n) is 6.53. The molecule has 0 spiro atoms. The fourth-order valence-electron chi connectivity index (χ4n) is 2.86. The lowest BCUT2D eigenvalue weighted by atomic mass is 9.82. The zero-order valence-electron chi connectivity index (χ0n) is 13.9. The topological polar surface area (TPSA) is 64.4 Å². The van der Waals surface area contributed by atoms with E-state index in [2.05, 4.69) is 12.2 Å². The van der Waals surface area contributed by atoms with Gasteiger partial charge in [0.1, 0.15) is 0 Å². The molecule has 4 nitrogen and oxygen atoms in total. The average molecular weight is 341 g/mol. The number of carbonyl (C=O) groups excluding carboxylic acids is 1. The SMILES string of the molecule is CC(CNC(=O)C1(N)CCCCC1)COCc1ccccc1.Cl. The maximum Gasteiger partial charge on any atom is 0.240 e. The molecule has 2 rings (SSSR count). The van der Waals surface area contributed by atoms with Gasteiger partial charge in [-0.05, 0) is 24.3 Å². The van der Waals surface area contributed by atoms with Crippen LogP contribution in [0.1, 0.15) is 44.6 Å². The number of amides is 1. The van der Waals surface area contributed by atoms with Crippen molar-refractivity contribution in [2.75, 3.05) is 13.2 Å². The molecule has 1 saturated carbocycles. The van der Waals surface area contributed by atoms with Crippen molar-refractivity contribution in [3.8, 4) is 0 Å². The Bertz CT molecular complexity index is 461. The molecule has 1 unspecified atom stereocenters. The highest BCUT2D eigenvalue weighted by Gasteiger charge is 2.35. The Hall–Kier alpha value is -1.10. The molecule has 0 aromatic heterocycles. The van der Waals surface area contributed by atoms with Crippen LogP contribution in [-0.2, 0) is 16.1 Å². The molecule has 23 heavy (non-hydrogen) atoms. The van der Waals surface area contributed by atoms with Crippen LogP contribution in [-0.4, -0.2) is 24.6 Å². The predicted octanol–water partition coefficient (Wildman–Crippen LogP) is 3.04. The quantitative estimate of drug-likeness (QED) is 0.801. The summed E-state index contributed by atoms with van der Waals surface area (Å²) in [5.74, 6) is 0.280. The Balaban J connectivity index is 0.00000264. The average Bonchev–Trinajstić information content (AvgIpc) is 2.54. The van der Waals surface area contributed by atoms with Gasteiger partial charge in [0.05, 0.1) is 18.8 Å². The van der Waals surface area contributed by atoms with Gasteiger partial charge in [-0.2, -0.15) is 0 Å². The van der Waals surface area contributed by atoms with Crippen LogP contribution in [0.15, 0.2) is 30.3 Å². The van der Waals surface area contributed by atoms with Gasteiger partial charge in [-0.15, -0.1) is 12.4 Å². The van der Waals surface area contributed by atoms with Crippen LogP contribution in [0.3, 0.4) is 0 Å². The molecule has 0 saturated heterocycles. The number of halogens is 1. The second kappa shape index (κ2) is 9.91. The number of hydrogen-bond acceptors (Lipinski definition) is 3. The molecule has 1 aromatic rings. The lowest BCUT2D eigenvalue weighted by Gasteiger charge is -2.32. The fourth-order valence-corrected chi connectivity index (χ4v) is 2.86. The van der Waals surface area contributed by atoms with Crippen molar-refractivity contribution < 1.29 is 9.53 Å². The minimum atomic E-state index is -0.650. The smallest absolute Gasteiger partial charge is 0.240 e. The predicted molar refractivity (Wildman–Crippen MR) is 95.5 cm³/mol. The van der Waals surface area contributed by atoms with Crippen molar-refractivity contribution in [3.05, 3.63) is 35.9 Å². The van der Waals surface area contributed by atoms with E-state index >= 15 is 0 Å². The zero-order valence-corrected chi connectivity index (χ0v) is 14.7. The molecule has 0 heterocycles. The number of benzene rings is 1. The lowest BCUT2D eigenvalue weighted by molar-refractivity contribution is -0.127. The molecule has 0 bridgehead atoms. The van der Waals surface area contributed by atoms with Gasteiger partial charge >= 0.3 is 0 Å². The summed E-state index contributed by atoms with van der Waals surface area (Å²) in [6, 6.07) is 10.1. The van der Waals surface area contributed by atoms with Gasteiger partial charge in [0.15, 0.2) is 0 Å². The van der Waals surface area contributed by atoms with Crippen LogP contribution < -0.4 is 11.1 Å². The van der Waals surface area contributed by atoms with Crippen LogP contribution in [0.5, 0.6) is 0 Å². The highest BCUT2D eigenvalue weighted by Crippen LogP contribution is 2.25. The molecule has 1 aromatic carbocycles. The first-order chi connectivity index (χ1) is 10.6. The summed E-state index contributed by atoms with van der Waals surface area (Å²) in [5, 5.41) is 3.00. The maximum atomic E-state index is 12.2. The molecule has 1 atom stereocenters. The summed E-state index contributed by atoms with van der Waals surface area (Å²) < 4.78 is 5.70. The fraction of sp³-hybridized carbons (Fsp3) is 0.611. The Morgan fingerprint density at radius 1 is 1.26 bits per heavy atom. The summed E-state index contributed by atoms with van der Waals surface area (Å²) in [7, 11) is 0. The minimum absolute atomic E-state index is 0. The van der Waals surface area contributed by atoms with Crippen molar-refractivity contribution in [2.45, 2.75) is 51.2 Å². The monoisotopic (exact) mass is 340 g/mol. The van der Waals surface area contributed by atoms with E-state index in [1.807, 2.05) is 30.3 Å². The van der Waals surface area contributed by atoms with E-state index in [0.717, 1.165) is 25.7 Å². The molecule has 130 valence electrons. The van der Waals surface area contributed by atoms with Gasteiger partial charge in [-0.1, -0.05) is 56.5 Å². The minimum Gasteiger partial charge on any atom is -0.376 e. The van der Waals surface area contributed by atoms with E-state index in [0.29, 0.717) is 19.8 Å². The van der Waals surface area contributed by atoms with Crippen molar-refractivity contribution in [2.24, 2.45) is 11.7 Å². The lowest BCUT2D eigenvalue weighted by Crippen LogP contribution is -2.55. The van der Waals surface area contributed by atoms with Crippen LogP contribution in [0.2, 0.25) is 0 Å². The third kappa shape index (κ3) is 6.50. The largest absolute Gasteiger partial charge is 0.376 e. The summed E-state index contributed by atoms with van der Waals surface area (Å²) >= 11 is 0. The summed E-state index contributed by atoms with van der Waals surface area (Å²) in [6.07, 6.45) is 4.91. The third-order valence-corrected chi connectivity index (χ3v) is 4.32. The second-order valence-corrected chi connectivity index (χ2v) is 6.53. The van der Waals surface area contributed by atoms with Gasteiger partial charge < -0.3 is 15.8 Å². The standard InChI is InChI=1S/C18H28N2O2.ClH/c1-15(13-22-14-16-8-4-2-5-9-16)12-20-17(21)18(19)10-6-3-7-11-18;/h2,4-5,8-9,15H,3,6-7,10-14,19H2,1H3,(H,20,21);1H. The van der Waals surface area contributed by atoms with E-state index in [4.69, 9.17) is 10.5 Å². The first-order valence-electron chi connectivity index (χ1n) is 8.29. The van der Waals surface area contributed by atoms with Crippen molar-refractivity contribution in [1.29, 1.82) is 0 Å². The highest BCUT2D eigenvalue weighted by atomic mass is 35.5. The molecule has 5 heteroatoms. The van der Waals surface area contributed by atoms with E-state index < -0.39 is 5.54 Å². The normalized spacial score (nSPS) is 17.8. The van der Waals surface area contributed by atoms with E-state index in [1.54, 1.807) is 0 Å². The summed E-state index contributed by atoms with van der Waals surface area (Å²) in [5.41, 5.74) is 6.74. The van der Waals surface area contributed by atoms with Gasteiger partial charge in [0.2, 0.25) is 5.91 Å². The molecule has 1 fully saturated rings. The van der Waals surface area contributed by atoms with Crippen LogP contribution in [0, 0.1) is 5.92 Å². The summed E-state index contributed by atoms with van der Waals surface area (Å²) in [6.45, 7) is 3.94. The molecule has 0 aliphatic heterocycles. The van der Waals surface area contributed by atoms with Gasteiger partial charge in [-0.25, -0.2) is 0 Å². The number of rotatable bonds is 7. The van der Waals surface area contributed by atoms with Gasteiger partial charge in [-0.3, -0.25) is 4.79 Å². The Morgan fingerprint density at radius 2 is 1.91 bits per heavy atom. The number of nitrogens with two attached hydrogens (primary N) is 1. The first-order valence-corrected chi connectivity index (χ1v) is 8.29. The number of nitrogens with one attached hydrogen (secondary N) is 1. The number of carbonyl (C=O) groups is 1. The summed E-state index contributed by atoms with van der Waals surface area (Å²) in [4.78, 5) is 12.2. The van der Waals surface area contributed by atoms with Gasteiger partial charge in [0, 0.05) is 6.54 Å². The van der Waals surface area contributed by atoms with Crippen LogP contribution in [0.25, 0.3) is 0 Å². The molecular weight excluding hydrogens is 312 g/mol. The molecule has 0 radical (unpaired) electrons. The molecule has 3 N–H and O–H groups in total. The van der Waals surface area contributed by atoms with Crippen molar-refractivity contribution >= 4 is 18.3 Å². The third-order valence-electron chi connectivity index (χ3n) is 4.32. The Kier molecular flexibility index (Phi) is 8.59. The van der Waals surface area contributed by atoms with E-state index in [-0.39, 0.29) is 24.2 Å². The Morgan fingerprint density at radius 3 is 2.57 bits per heavy atom. The number of hydrogen-bond donors (Lipinski definition) is 2. The van der Waals surface area contributed by atoms with Crippen molar-refractivity contribution in [3.63, 3.8) is 0 Å².